The summed E-state index contributed by atoms with van der Waals surface area (Å²) in [6.45, 7) is 0.446. The molecule has 5 heterocycles. The number of nitrogens with zero attached hydrogens (tertiary/aromatic N) is 7. The van der Waals surface area contributed by atoms with Crippen LogP contribution in [0.25, 0.3) is 27.7 Å². The van der Waals surface area contributed by atoms with Crippen LogP contribution < -0.4 is 10.1 Å². The molecular weight excluding hydrogens is 515 g/mol. The number of hydrogen-bond acceptors (Lipinski definition) is 8. The zero-order valence-electron chi connectivity index (χ0n) is 22.6. The molecule has 2 saturated heterocycles. The summed E-state index contributed by atoms with van der Waals surface area (Å²) in [7, 11) is -3.00. The van der Waals surface area contributed by atoms with Gasteiger partial charge in [0.05, 0.1) is 53.7 Å². The van der Waals surface area contributed by atoms with E-state index in [-0.39, 0.29) is 46.2 Å². The average molecular weight is 541 g/mol. The van der Waals surface area contributed by atoms with Crippen LogP contribution in [0.1, 0.15) is 10.5 Å². The van der Waals surface area contributed by atoms with Gasteiger partial charge in [-0.2, -0.15) is 18.2 Å². The number of ether oxygens (including phenoxy) is 2. The number of hydrogen-bond donors (Lipinski definition) is 1. The summed E-state index contributed by atoms with van der Waals surface area (Å²) < 4.78 is 104. The second-order valence-electron chi connectivity index (χ2n) is 9.30. The lowest BCUT2D eigenvalue weighted by Gasteiger charge is -2.42. The SMILES string of the molecule is [2H]C([2H])([2H])Oc1nc(N[C@H]2CCN(C3COC3)C[C@@H]2F)nn2cc(F)c(-c3ccc4nnn(CC(F)(F)F)c4c3)c12. The van der Waals surface area contributed by atoms with Crippen LogP contribution in [0.5, 0.6) is 5.88 Å². The molecule has 0 spiro atoms. The maximum Gasteiger partial charge on any atom is 0.408 e. The zero-order valence-corrected chi connectivity index (χ0v) is 19.6. The quantitative estimate of drug-likeness (QED) is 0.373. The molecule has 0 unspecified atom stereocenters. The predicted octanol–water partition coefficient (Wildman–Crippen LogP) is 3.07. The van der Waals surface area contributed by atoms with Crippen molar-refractivity contribution in [2.24, 2.45) is 0 Å². The van der Waals surface area contributed by atoms with E-state index < -0.39 is 43.7 Å². The van der Waals surface area contributed by atoms with Crippen LogP contribution >= 0.6 is 0 Å². The standard InChI is InChI=1S/C23H23F5N8O2/c1-37-21-20-19(12-2-3-17-18(6-12)36(33-31-17)11-23(26,27)28)15(25)8-35(20)32-22(30-21)29-16-4-5-34(7-14(16)24)13-9-38-10-13/h2-3,6,8,13-14,16H,4-5,7,9-11H2,1H3,(H,29,32)/t14-,16-/m0/s1/i1D3. The highest BCUT2D eigenvalue weighted by atomic mass is 19.4. The second-order valence-corrected chi connectivity index (χ2v) is 9.30. The van der Waals surface area contributed by atoms with E-state index >= 15 is 8.78 Å². The molecule has 6 rings (SSSR count). The maximum absolute atomic E-state index is 15.4. The predicted molar refractivity (Wildman–Crippen MR) is 125 cm³/mol. The summed E-state index contributed by atoms with van der Waals surface area (Å²) >= 11 is 0. The maximum atomic E-state index is 15.4. The molecule has 0 aliphatic carbocycles. The minimum absolute atomic E-state index is 0.0233. The molecule has 0 amide bonds. The molecule has 2 aliphatic rings. The molecule has 0 saturated carbocycles. The molecule has 4 aromatic rings. The number of benzene rings is 1. The highest BCUT2D eigenvalue weighted by Crippen LogP contribution is 2.36. The van der Waals surface area contributed by atoms with Gasteiger partial charge in [0.1, 0.15) is 23.7 Å². The minimum atomic E-state index is -4.58. The van der Waals surface area contributed by atoms with Crippen LogP contribution in [-0.2, 0) is 11.3 Å². The third-order valence-electron chi connectivity index (χ3n) is 6.81. The molecule has 202 valence electrons. The van der Waals surface area contributed by atoms with E-state index in [2.05, 4.69) is 25.7 Å². The Bertz CT molecular complexity index is 1590. The normalized spacial score (nSPS) is 22.7. The average Bonchev–Trinajstić information content (AvgIpc) is 3.37. The van der Waals surface area contributed by atoms with Crippen molar-refractivity contribution in [2.75, 3.05) is 38.7 Å². The van der Waals surface area contributed by atoms with Gasteiger partial charge in [0.2, 0.25) is 11.8 Å². The number of piperidine rings is 1. The Morgan fingerprint density at radius 1 is 1.29 bits per heavy atom. The Hall–Kier alpha value is -3.59. The van der Waals surface area contributed by atoms with Gasteiger partial charge >= 0.3 is 6.18 Å². The summed E-state index contributed by atoms with van der Waals surface area (Å²) in [6, 6.07) is 3.48. The first-order chi connectivity index (χ1) is 19.3. The number of rotatable bonds is 6. The van der Waals surface area contributed by atoms with Crippen molar-refractivity contribution in [3.05, 3.63) is 30.2 Å². The Balaban J connectivity index is 1.37. The summed E-state index contributed by atoms with van der Waals surface area (Å²) in [5.41, 5.74) is -0.198. The molecule has 3 aromatic heterocycles. The Morgan fingerprint density at radius 3 is 2.84 bits per heavy atom. The molecule has 2 aliphatic heterocycles. The summed E-state index contributed by atoms with van der Waals surface area (Å²) in [6.07, 6.45) is -4.52. The fraction of sp³-hybridized carbons (Fsp3) is 0.478. The number of fused-ring (bicyclic) bond motifs is 2. The monoisotopic (exact) mass is 541 g/mol. The van der Waals surface area contributed by atoms with Gasteiger partial charge in [-0.1, -0.05) is 11.3 Å². The molecule has 15 heteroatoms. The highest BCUT2D eigenvalue weighted by molar-refractivity contribution is 5.89. The van der Waals surface area contributed by atoms with Crippen LogP contribution in [0.2, 0.25) is 0 Å². The summed E-state index contributed by atoms with van der Waals surface area (Å²) in [5.74, 6) is -1.59. The van der Waals surface area contributed by atoms with E-state index in [4.69, 9.17) is 13.6 Å². The minimum Gasteiger partial charge on any atom is -0.479 e. The molecule has 10 nitrogen and oxygen atoms in total. The molecule has 1 aromatic carbocycles. The van der Waals surface area contributed by atoms with Crippen LogP contribution in [0.3, 0.4) is 0 Å². The van der Waals surface area contributed by atoms with Crippen molar-refractivity contribution in [3.8, 4) is 17.0 Å². The fourth-order valence-corrected chi connectivity index (χ4v) is 4.86. The topological polar surface area (TPSA) is 94.6 Å². The third kappa shape index (κ3) is 4.49. The van der Waals surface area contributed by atoms with Gasteiger partial charge in [-0.05, 0) is 24.1 Å². The van der Waals surface area contributed by atoms with Gasteiger partial charge < -0.3 is 14.8 Å². The van der Waals surface area contributed by atoms with E-state index in [9.17, 15) is 13.2 Å². The van der Waals surface area contributed by atoms with Gasteiger partial charge in [-0.15, -0.1) is 10.2 Å². The van der Waals surface area contributed by atoms with Crippen molar-refractivity contribution in [1.29, 1.82) is 0 Å². The molecule has 2 atom stereocenters. The van der Waals surface area contributed by atoms with Gasteiger partial charge in [-0.25, -0.2) is 18.0 Å². The van der Waals surface area contributed by atoms with Crippen LogP contribution in [0.4, 0.5) is 27.9 Å². The first-order valence-electron chi connectivity index (χ1n) is 13.3. The molecule has 38 heavy (non-hydrogen) atoms. The van der Waals surface area contributed by atoms with E-state index in [1.807, 2.05) is 4.90 Å². The molecule has 2 fully saturated rings. The number of nitrogens with one attached hydrogen (secondary N) is 1. The first kappa shape index (κ1) is 21.4. The number of halogens is 5. The number of likely N-dealkylation sites (tertiary alicyclic amines) is 1. The second kappa shape index (κ2) is 9.31. The van der Waals surface area contributed by atoms with Gasteiger partial charge in [-0.3, -0.25) is 4.90 Å². The van der Waals surface area contributed by atoms with Gasteiger partial charge in [0.25, 0.3) is 0 Å². The zero-order chi connectivity index (χ0) is 29.1. The smallest absolute Gasteiger partial charge is 0.408 e. The van der Waals surface area contributed by atoms with Crippen molar-refractivity contribution >= 4 is 22.5 Å². The number of anilines is 1. The third-order valence-corrected chi connectivity index (χ3v) is 6.81. The van der Waals surface area contributed by atoms with Crippen LogP contribution in [-0.4, -0.2) is 92.3 Å². The van der Waals surface area contributed by atoms with Crippen LogP contribution in [0.15, 0.2) is 24.4 Å². The van der Waals surface area contributed by atoms with Crippen LogP contribution in [0, 0.1) is 5.82 Å². The Morgan fingerprint density at radius 2 is 2.13 bits per heavy atom. The van der Waals surface area contributed by atoms with E-state index in [0.717, 1.165) is 10.7 Å². The molecule has 1 N–H and O–H groups in total. The summed E-state index contributed by atoms with van der Waals surface area (Å²) in [5, 5.41) is 14.3. The van der Waals surface area contributed by atoms with Crippen molar-refractivity contribution in [3.63, 3.8) is 0 Å². The Kier molecular flexibility index (Phi) is 5.23. The van der Waals surface area contributed by atoms with E-state index in [1.54, 1.807) is 0 Å². The van der Waals surface area contributed by atoms with Crippen molar-refractivity contribution < 1.29 is 35.5 Å². The molecule has 0 radical (unpaired) electrons. The lowest BCUT2D eigenvalue weighted by atomic mass is 10.0. The number of methoxy groups -OCH3 is 1. The van der Waals surface area contributed by atoms with E-state index in [0.29, 0.717) is 30.9 Å². The lowest BCUT2D eigenvalue weighted by molar-refractivity contribution is -0.142. The van der Waals surface area contributed by atoms with E-state index in [1.165, 1.54) is 18.2 Å². The molecule has 0 bridgehead atoms. The molecular formula is C23H23F5N8O2. The highest BCUT2D eigenvalue weighted by Gasteiger charge is 2.36. The largest absolute Gasteiger partial charge is 0.479 e. The lowest BCUT2D eigenvalue weighted by Crippen LogP contribution is -2.57. The number of aromatic nitrogens is 6. The van der Waals surface area contributed by atoms with Gasteiger partial charge in [0.15, 0.2) is 5.82 Å². The number of alkyl halides is 4. The van der Waals surface area contributed by atoms with Crippen molar-refractivity contribution in [1.82, 2.24) is 34.5 Å². The fourth-order valence-electron chi connectivity index (χ4n) is 4.86. The Labute approximate surface area is 216 Å². The summed E-state index contributed by atoms with van der Waals surface area (Å²) in [4.78, 5) is 6.14. The van der Waals surface area contributed by atoms with Gasteiger partial charge in [0, 0.05) is 13.1 Å². The first-order valence-corrected chi connectivity index (χ1v) is 11.8. The van der Waals surface area contributed by atoms with Crippen molar-refractivity contribution in [2.45, 2.75) is 37.4 Å².